The van der Waals surface area contributed by atoms with E-state index in [1.807, 2.05) is 0 Å². The average Bonchev–Trinajstić information content (AvgIpc) is 2.74. The molecule has 5 nitrogen and oxygen atoms in total. The van der Waals surface area contributed by atoms with Crippen molar-refractivity contribution in [2.75, 3.05) is 7.11 Å². The van der Waals surface area contributed by atoms with Crippen LogP contribution in [0, 0.1) is 0 Å². The summed E-state index contributed by atoms with van der Waals surface area (Å²) in [5.41, 5.74) is 1.27. The Kier molecular flexibility index (Phi) is 2.21. The maximum absolute atomic E-state index is 11.4. The van der Waals surface area contributed by atoms with E-state index < -0.39 is 5.97 Å². The van der Waals surface area contributed by atoms with E-state index in [2.05, 4.69) is 21.3 Å². The predicted molar refractivity (Wildman–Crippen MR) is 54.4 cm³/mol. The molecule has 2 aromatic rings. The summed E-state index contributed by atoms with van der Waals surface area (Å²) in [4.78, 5) is 19.5. The minimum absolute atomic E-state index is 0.194. The predicted octanol–water partition coefficient (Wildman–Crippen LogP) is 1.16. The normalized spacial score (nSPS) is 10.2. The smallest absolute Gasteiger partial charge is 0.360 e. The summed E-state index contributed by atoms with van der Waals surface area (Å²) in [6.45, 7) is 3.60. The summed E-state index contributed by atoms with van der Waals surface area (Å²) < 4.78 is 6.33. The van der Waals surface area contributed by atoms with Gasteiger partial charge in [-0.1, -0.05) is 6.58 Å². The highest BCUT2D eigenvalue weighted by Crippen LogP contribution is 2.09. The topological polar surface area (TPSA) is 56.5 Å². The molecule has 0 fully saturated rings. The molecule has 0 N–H and O–H groups in total. The Morgan fingerprint density at radius 2 is 2.47 bits per heavy atom. The summed E-state index contributed by atoms with van der Waals surface area (Å²) in [6.07, 6.45) is 6.63. The molecule has 2 aromatic heterocycles. The van der Waals surface area contributed by atoms with Gasteiger partial charge >= 0.3 is 5.97 Å². The highest BCUT2D eigenvalue weighted by Gasteiger charge is 2.14. The number of rotatable bonds is 2. The van der Waals surface area contributed by atoms with Gasteiger partial charge in [-0.2, -0.15) is 0 Å². The third-order valence-corrected chi connectivity index (χ3v) is 1.98. The fourth-order valence-corrected chi connectivity index (χ4v) is 1.28. The molecule has 0 aromatic carbocycles. The lowest BCUT2D eigenvalue weighted by atomic mass is 10.3. The van der Waals surface area contributed by atoms with Crippen molar-refractivity contribution in [3.05, 3.63) is 36.6 Å². The molecule has 2 rings (SSSR count). The second-order valence-electron chi connectivity index (χ2n) is 2.87. The third-order valence-electron chi connectivity index (χ3n) is 1.98. The van der Waals surface area contributed by atoms with E-state index in [9.17, 15) is 4.79 Å². The number of esters is 1. The first-order valence-electron chi connectivity index (χ1n) is 4.30. The van der Waals surface area contributed by atoms with E-state index >= 15 is 0 Å². The second kappa shape index (κ2) is 3.53. The van der Waals surface area contributed by atoms with Crippen molar-refractivity contribution in [2.24, 2.45) is 0 Å². The molecule has 2 heterocycles. The van der Waals surface area contributed by atoms with Crippen LogP contribution in [0.1, 0.15) is 16.2 Å². The van der Waals surface area contributed by atoms with E-state index in [0.29, 0.717) is 11.3 Å². The van der Waals surface area contributed by atoms with E-state index in [-0.39, 0.29) is 5.69 Å². The van der Waals surface area contributed by atoms with Crippen LogP contribution in [0.15, 0.2) is 25.2 Å². The van der Waals surface area contributed by atoms with Crippen LogP contribution in [-0.4, -0.2) is 27.4 Å². The summed E-state index contributed by atoms with van der Waals surface area (Å²) in [5, 5.41) is 0. The van der Waals surface area contributed by atoms with Crippen molar-refractivity contribution in [3.63, 3.8) is 0 Å². The number of methoxy groups -OCH3 is 1. The number of ether oxygens (including phenoxy) is 1. The molecule has 0 amide bonds. The Bertz CT molecular complexity index is 530. The molecular formula is C10H9N3O2. The zero-order valence-electron chi connectivity index (χ0n) is 8.17. The Morgan fingerprint density at radius 3 is 3.13 bits per heavy atom. The second-order valence-corrected chi connectivity index (χ2v) is 2.87. The largest absolute Gasteiger partial charge is 0.464 e. The van der Waals surface area contributed by atoms with E-state index in [1.165, 1.54) is 7.11 Å². The minimum atomic E-state index is -0.505. The first-order chi connectivity index (χ1) is 7.26. The molecule has 0 spiro atoms. The summed E-state index contributed by atoms with van der Waals surface area (Å²) >= 11 is 0. The maximum atomic E-state index is 11.4. The molecule has 0 unspecified atom stereocenters. The fraction of sp³-hybridized carbons (Fsp3) is 0.100. The molecule has 76 valence electrons. The number of hydrogen-bond donors (Lipinski definition) is 0. The molecule has 0 saturated carbocycles. The Balaban J connectivity index is 2.73. The van der Waals surface area contributed by atoms with Crippen LogP contribution >= 0.6 is 0 Å². The molecule has 5 heteroatoms. The number of carbonyl (C=O) groups excluding carboxylic acids is 1. The van der Waals surface area contributed by atoms with Gasteiger partial charge in [0.2, 0.25) is 0 Å². The number of nitrogens with zero attached hydrogens (tertiary/aromatic N) is 3. The van der Waals surface area contributed by atoms with Crippen molar-refractivity contribution in [3.8, 4) is 0 Å². The monoisotopic (exact) mass is 203 g/mol. The van der Waals surface area contributed by atoms with Gasteiger partial charge in [-0.3, -0.25) is 0 Å². The van der Waals surface area contributed by atoms with Crippen LogP contribution in [0.4, 0.5) is 0 Å². The van der Waals surface area contributed by atoms with Crippen LogP contribution in [0.3, 0.4) is 0 Å². The molecule has 0 aliphatic carbocycles. The third kappa shape index (κ3) is 1.48. The molecule has 0 aliphatic rings. The maximum Gasteiger partial charge on any atom is 0.360 e. The van der Waals surface area contributed by atoms with Crippen molar-refractivity contribution < 1.29 is 9.53 Å². The van der Waals surface area contributed by atoms with Crippen LogP contribution in [0.25, 0.3) is 11.7 Å². The Morgan fingerprint density at radius 1 is 1.67 bits per heavy atom. The number of aromatic nitrogens is 3. The average molecular weight is 203 g/mol. The molecule has 15 heavy (non-hydrogen) atoms. The zero-order chi connectivity index (χ0) is 10.8. The molecule has 0 saturated heterocycles. The number of carbonyl (C=O) groups is 1. The first kappa shape index (κ1) is 9.39. The van der Waals surface area contributed by atoms with E-state index in [1.54, 1.807) is 29.1 Å². The molecule has 0 atom stereocenters. The van der Waals surface area contributed by atoms with Gasteiger partial charge in [0, 0.05) is 18.6 Å². The lowest BCUT2D eigenvalue weighted by Gasteiger charge is -2.02. The zero-order valence-corrected chi connectivity index (χ0v) is 8.17. The highest BCUT2D eigenvalue weighted by atomic mass is 16.5. The van der Waals surface area contributed by atoms with Crippen LogP contribution in [0.2, 0.25) is 0 Å². The van der Waals surface area contributed by atoms with Gasteiger partial charge in [-0.05, 0) is 6.08 Å². The Labute approximate surface area is 86.0 Å². The minimum Gasteiger partial charge on any atom is -0.464 e. The van der Waals surface area contributed by atoms with Gasteiger partial charge in [0.05, 0.1) is 12.8 Å². The quantitative estimate of drug-likeness (QED) is 0.687. The summed E-state index contributed by atoms with van der Waals surface area (Å²) in [7, 11) is 1.31. The van der Waals surface area contributed by atoms with Crippen molar-refractivity contribution in [1.29, 1.82) is 0 Å². The summed E-state index contributed by atoms with van der Waals surface area (Å²) in [5.74, 6) is -0.505. The number of fused-ring (bicyclic) bond motifs is 1. The Hall–Kier alpha value is -2.17. The first-order valence-corrected chi connectivity index (χ1v) is 4.30. The van der Waals surface area contributed by atoms with E-state index in [4.69, 9.17) is 0 Å². The number of hydrogen-bond acceptors (Lipinski definition) is 4. The van der Waals surface area contributed by atoms with Gasteiger partial charge in [-0.15, -0.1) is 0 Å². The van der Waals surface area contributed by atoms with Crippen molar-refractivity contribution >= 4 is 17.7 Å². The molecular weight excluding hydrogens is 194 g/mol. The lowest BCUT2D eigenvalue weighted by molar-refractivity contribution is 0.0595. The van der Waals surface area contributed by atoms with Gasteiger partial charge < -0.3 is 9.14 Å². The molecule has 0 aliphatic heterocycles. The molecule has 0 radical (unpaired) electrons. The van der Waals surface area contributed by atoms with Crippen molar-refractivity contribution in [2.45, 2.75) is 0 Å². The van der Waals surface area contributed by atoms with Gasteiger partial charge in [0.15, 0.2) is 11.3 Å². The van der Waals surface area contributed by atoms with Gasteiger partial charge in [0.25, 0.3) is 0 Å². The fourth-order valence-electron chi connectivity index (χ4n) is 1.28. The van der Waals surface area contributed by atoms with Crippen molar-refractivity contribution in [1.82, 2.24) is 14.4 Å². The SMILES string of the molecule is C=Cc1cn2ccnc2c(C(=O)OC)n1. The van der Waals surface area contributed by atoms with Crippen LogP contribution in [0.5, 0.6) is 0 Å². The highest BCUT2D eigenvalue weighted by molar-refractivity contribution is 5.93. The summed E-state index contributed by atoms with van der Waals surface area (Å²) in [6, 6.07) is 0. The van der Waals surface area contributed by atoms with E-state index in [0.717, 1.165) is 0 Å². The van der Waals surface area contributed by atoms with Gasteiger partial charge in [0.1, 0.15) is 0 Å². The standard InChI is InChI=1S/C10H9N3O2/c1-3-7-6-13-5-4-11-9(13)8(12-7)10(14)15-2/h3-6H,1H2,2H3. The molecule has 0 bridgehead atoms. The van der Waals surface area contributed by atoms with Crippen LogP contribution < -0.4 is 0 Å². The van der Waals surface area contributed by atoms with Crippen LogP contribution in [-0.2, 0) is 4.74 Å². The van der Waals surface area contributed by atoms with Gasteiger partial charge in [-0.25, -0.2) is 14.8 Å². The number of imidazole rings is 1. The lowest BCUT2D eigenvalue weighted by Crippen LogP contribution is -2.08.